The molecule has 0 fully saturated rings. The highest BCUT2D eigenvalue weighted by molar-refractivity contribution is 6.31. The molecule has 108 valence electrons. The summed E-state index contributed by atoms with van der Waals surface area (Å²) in [6.45, 7) is 1.19. The fourth-order valence-electron chi connectivity index (χ4n) is 1.42. The number of nitrogens with zero attached hydrogens (tertiary/aromatic N) is 1. The molecular formula is C11H11ClN2O6. The van der Waals surface area contributed by atoms with Gasteiger partial charge in [-0.1, -0.05) is 11.6 Å². The van der Waals surface area contributed by atoms with Crippen LogP contribution in [0.25, 0.3) is 0 Å². The average Bonchev–Trinajstić information content (AvgIpc) is 2.33. The number of carboxylic acids is 1. The molecule has 8 nitrogen and oxygen atoms in total. The molecule has 0 heterocycles. The smallest absolute Gasteiger partial charge is 0.328 e. The molecule has 9 heteroatoms. The third kappa shape index (κ3) is 3.90. The number of benzene rings is 1. The first kappa shape index (κ1) is 15.9. The van der Waals surface area contributed by atoms with E-state index in [0.29, 0.717) is 0 Å². The molecule has 0 spiro atoms. The summed E-state index contributed by atoms with van der Waals surface area (Å²) in [6.07, 6.45) is -1.33. The summed E-state index contributed by atoms with van der Waals surface area (Å²) in [5, 5.41) is 30.7. The Hall–Kier alpha value is -2.19. The molecule has 1 amide bonds. The quantitative estimate of drug-likeness (QED) is 0.545. The second-order valence-corrected chi connectivity index (χ2v) is 4.42. The third-order valence-electron chi connectivity index (χ3n) is 2.39. The summed E-state index contributed by atoms with van der Waals surface area (Å²) in [4.78, 5) is 32.6. The number of nitrogens with one attached hydrogen (secondary N) is 1. The predicted octanol–water partition coefficient (Wildman–Crippen LogP) is 0.812. The van der Waals surface area contributed by atoms with Gasteiger partial charge in [0.15, 0.2) is 6.04 Å². The number of non-ortho nitro benzene ring substituents is 1. The first-order chi connectivity index (χ1) is 9.22. The van der Waals surface area contributed by atoms with Crippen molar-refractivity contribution >= 4 is 29.2 Å². The minimum atomic E-state index is -1.53. The van der Waals surface area contributed by atoms with Crippen molar-refractivity contribution < 1.29 is 24.7 Å². The lowest BCUT2D eigenvalue weighted by Crippen LogP contribution is -2.47. The fraction of sp³-hybridized carbons (Fsp3) is 0.273. The Bertz CT molecular complexity index is 560. The number of nitro groups is 1. The second kappa shape index (κ2) is 6.31. The van der Waals surface area contributed by atoms with E-state index in [4.69, 9.17) is 16.7 Å². The fourth-order valence-corrected chi connectivity index (χ4v) is 1.65. The van der Waals surface area contributed by atoms with E-state index < -0.39 is 34.6 Å². The molecule has 0 aliphatic heterocycles. The van der Waals surface area contributed by atoms with Gasteiger partial charge in [0.25, 0.3) is 11.6 Å². The number of hydrogen-bond acceptors (Lipinski definition) is 5. The molecule has 1 aromatic rings. The van der Waals surface area contributed by atoms with E-state index in [1.807, 2.05) is 0 Å². The van der Waals surface area contributed by atoms with Gasteiger partial charge >= 0.3 is 5.97 Å². The van der Waals surface area contributed by atoms with Crippen molar-refractivity contribution in [1.29, 1.82) is 0 Å². The van der Waals surface area contributed by atoms with Crippen molar-refractivity contribution in [2.75, 3.05) is 0 Å². The second-order valence-electron chi connectivity index (χ2n) is 3.99. The molecule has 3 N–H and O–H groups in total. The number of hydrogen-bond donors (Lipinski definition) is 3. The van der Waals surface area contributed by atoms with Crippen LogP contribution in [0.2, 0.25) is 5.02 Å². The first-order valence-corrected chi connectivity index (χ1v) is 5.77. The van der Waals surface area contributed by atoms with E-state index in [0.717, 1.165) is 18.2 Å². The molecule has 0 aliphatic carbocycles. The minimum Gasteiger partial charge on any atom is -0.480 e. The van der Waals surface area contributed by atoms with Crippen LogP contribution in [0, 0.1) is 10.1 Å². The number of amides is 1. The van der Waals surface area contributed by atoms with Crippen LogP contribution < -0.4 is 5.32 Å². The summed E-state index contributed by atoms with van der Waals surface area (Å²) in [5.41, 5.74) is -0.567. The SMILES string of the molecule is CC(O)C(NC(=O)c1cc(Cl)cc([N+](=O)[O-])c1)C(=O)O. The molecule has 0 saturated heterocycles. The lowest BCUT2D eigenvalue weighted by molar-refractivity contribution is -0.384. The van der Waals surface area contributed by atoms with Gasteiger partial charge in [-0.25, -0.2) is 4.79 Å². The predicted molar refractivity (Wildman–Crippen MR) is 68.7 cm³/mol. The maximum absolute atomic E-state index is 11.8. The Morgan fingerprint density at radius 3 is 2.45 bits per heavy atom. The number of carbonyl (C=O) groups is 2. The normalized spacial score (nSPS) is 13.3. The molecule has 0 aromatic heterocycles. The zero-order chi connectivity index (χ0) is 15.4. The zero-order valence-electron chi connectivity index (χ0n) is 10.2. The van der Waals surface area contributed by atoms with E-state index in [2.05, 4.69) is 5.32 Å². The number of aliphatic hydroxyl groups is 1. The van der Waals surface area contributed by atoms with Gasteiger partial charge in [-0.05, 0) is 13.0 Å². The monoisotopic (exact) mass is 302 g/mol. The lowest BCUT2D eigenvalue weighted by atomic mass is 10.1. The van der Waals surface area contributed by atoms with Crippen LogP contribution in [0.3, 0.4) is 0 Å². The number of rotatable bonds is 5. The highest BCUT2D eigenvalue weighted by atomic mass is 35.5. The maximum atomic E-state index is 11.8. The van der Waals surface area contributed by atoms with Gasteiger partial charge < -0.3 is 15.5 Å². The number of halogens is 1. The van der Waals surface area contributed by atoms with E-state index in [1.54, 1.807) is 0 Å². The van der Waals surface area contributed by atoms with E-state index in [-0.39, 0.29) is 10.6 Å². The van der Waals surface area contributed by atoms with Crippen LogP contribution in [0.4, 0.5) is 5.69 Å². The lowest BCUT2D eigenvalue weighted by Gasteiger charge is -2.16. The van der Waals surface area contributed by atoms with Crippen LogP contribution >= 0.6 is 11.6 Å². The highest BCUT2D eigenvalue weighted by Gasteiger charge is 2.26. The largest absolute Gasteiger partial charge is 0.480 e. The molecule has 2 unspecified atom stereocenters. The number of aliphatic carboxylic acids is 1. The molecule has 1 aromatic carbocycles. The van der Waals surface area contributed by atoms with Crippen LogP contribution in [-0.2, 0) is 4.79 Å². The van der Waals surface area contributed by atoms with Crippen molar-refractivity contribution in [2.24, 2.45) is 0 Å². The Morgan fingerprint density at radius 2 is 2.00 bits per heavy atom. The summed E-state index contributed by atoms with van der Waals surface area (Å²) in [7, 11) is 0. The standard InChI is InChI=1S/C11H11ClN2O6/c1-5(15)9(11(17)18)13-10(16)6-2-7(12)4-8(3-6)14(19)20/h2-5,9,15H,1H3,(H,13,16)(H,17,18). The Morgan fingerprint density at radius 1 is 1.40 bits per heavy atom. The summed E-state index contributed by atoms with van der Waals surface area (Å²) in [5.74, 6) is -2.31. The van der Waals surface area contributed by atoms with E-state index in [1.165, 1.54) is 6.92 Å². The summed E-state index contributed by atoms with van der Waals surface area (Å²) in [6, 6.07) is 1.65. The van der Waals surface area contributed by atoms with Gasteiger partial charge in [0.05, 0.1) is 11.0 Å². The Kier molecular flexibility index (Phi) is 5.00. The zero-order valence-corrected chi connectivity index (χ0v) is 11.0. The number of carboxylic acid groups (broad SMARTS) is 1. The van der Waals surface area contributed by atoms with Gasteiger partial charge in [0.1, 0.15) is 0 Å². The van der Waals surface area contributed by atoms with Crippen LogP contribution in [0.15, 0.2) is 18.2 Å². The van der Waals surface area contributed by atoms with Gasteiger partial charge in [0, 0.05) is 22.7 Å². The number of aliphatic hydroxyl groups excluding tert-OH is 1. The molecule has 20 heavy (non-hydrogen) atoms. The van der Waals surface area contributed by atoms with Crippen molar-refractivity contribution in [3.63, 3.8) is 0 Å². The minimum absolute atomic E-state index is 0.0340. The molecular weight excluding hydrogens is 292 g/mol. The molecule has 0 bridgehead atoms. The van der Waals surface area contributed by atoms with Crippen molar-refractivity contribution in [3.8, 4) is 0 Å². The van der Waals surface area contributed by atoms with Crippen molar-refractivity contribution in [2.45, 2.75) is 19.1 Å². The average molecular weight is 303 g/mol. The van der Waals surface area contributed by atoms with Gasteiger partial charge in [-0.2, -0.15) is 0 Å². The molecule has 2 atom stereocenters. The molecule has 0 aliphatic rings. The maximum Gasteiger partial charge on any atom is 0.328 e. The summed E-state index contributed by atoms with van der Waals surface area (Å²) >= 11 is 5.65. The molecule has 1 rings (SSSR count). The van der Waals surface area contributed by atoms with Crippen molar-refractivity contribution in [3.05, 3.63) is 38.9 Å². The third-order valence-corrected chi connectivity index (χ3v) is 2.61. The van der Waals surface area contributed by atoms with Gasteiger partial charge in [-0.3, -0.25) is 14.9 Å². The number of carbonyl (C=O) groups excluding carboxylic acids is 1. The first-order valence-electron chi connectivity index (χ1n) is 5.39. The van der Waals surface area contributed by atoms with Crippen LogP contribution in [0.1, 0.15) is 17.3 Å². The highest BCUT2D eigenvalue weighted by Crippen LogP contribution is 2.21. The summed E-state index contributed by atoms with van der Waals surface area (Å²) < 4.78 is 0. The van der Waals surface area contributed by atoms with Crippen molar-refractivity contribution in [1.82, 2.24) is 5.32 Å². The van der Waals surface area contributed by atoms with E-state index >= 15 is 0 Å². The van der Waals surface area contributed by atoms with Crippen LogP contribution in [0.5, 0.6) is 0 Å². The Balaban J connectivity index is 3.03. The molecule has 0 saturated carbocycles. The topological polar surface area (TPSA) is 130 Å². The van der Waals surface area contributed by atoms with E-state index in [9.17, 15) is 24.8 Å². The van der Waals surface area contributed by atoms with Gasteiger partial charge in [0.2, 0.25) is 0 Å². The Labute approximate surface area is 118 Å². The van der Waals surface area contributed by atoms with Crippen LogP contribution in [-0.4, -0.2) is 39.2 Å². The number of nitro benzene ring substituents is 1. The van der Waals surface area contributed by atoms with Gasteiger partial charge in [-0.15, -0.1) is 0 Å². The molecule has 0 radical (unpaired) electrons.